The maximum atomic E-state index is 12.2. The van der Waals surface area contributed by atoms with Crippen molar-refractivity contribution in [1.82, 2.24) is 0 Å². The van der Waals surface area contributed by atoms with E-state index in [1.807, 2.05) is 0 Å². The van der Waals surface area contributed by atoms with Crippen molar-refractivity contribution in [3.8, 4) is 0 Å². The van der Waals surface area contributed by atoms with Crippen LogP contribution < -0.4 is 0 Å². The van der Waals surface area contributed by atoms with E-state index in [1.54, 1.807) is 0 Å². The Bertz CT molecular complexity index is 156. The highest BCUT2D eigenvalue weighted by molar-refractivity contribution is 4.92. The van der Waals surface area contributed by atoms with Gasteiger partial charge >= 0.3 is 17.8 Å². The molecule has 0 aromatic heterocycles. The fourth-order valence-corrected chi connectivity index (χ4v) is 0.543. The predicted octanol–water partition coefficient (Wildman–Crippen LogP) is 3.32. The van der Waals surface area contributed by atoms with Gasteiger partial charge < -0.3 is 0 Å². The van der Waals surface area contributed by atoms with Crippen molar-refractivity contribution in [3.63, 3.8) is 0 Å². The summed E-state index contributed by atoms with van der Waals surface area (Å²) in [7, 11) is 0. The van der Waals surface area contributed by atoms with Gasteiger partial charge in [-0.15, -0.1) is 0 Å². The van der Waals surface area contributed by atoms with Crippen LogP contribution in [0.3, 0.4) is 0 Å². The Kier molecular flexibility index (Phi) is 2.71. The van der Waals surface area contributed by atoms with Gasteiger partial charge in [-0.25, -0.2) is 0 Å². The largest absolute Gasteiger partial charge is 0.371 e. The number of alkyl halides is 6. The molecule has 0 N–H and O–H groups in total. The SMILES string of the molecule is CCC(F)(F)C(F)(F)C(C)(F)F. The smallest absolute Gasteiger partial charge is 0.200 e. The molecule has 0 aromatic rings. The lowest BCUT2D eigenvalue weighted by Gasteiger charge is -2.29. The van der Waals surface area contributed by atoms with E-state index >= 15 is 0 Å². The molecule has 0 radical (unpaired) electrons. The molecular formula is C6H8F6. The molecule has 0 rings (SSSR count). The second-order valence-corrected chi connectivity index (χ2v) is 2.52. The molecule has 0 aromatic carbocycles. The van der Waals surface area contributed by atoms with Crippen LogP contribution in [-0.2, 0) is 0 Å². The topological polar surface area (TPSA) is 0 Å². The van der Waals surface area contributed by atoms with E-state index in [-0.39, 0.29) is 6.92 Å². The third-order valence-corrected chi connectivity index (χ3v) is 1.45. The molecule has 12 heavy (non-hydrogen) atoms. The van der Waals surface area contributed by atoms with E-state index < -0.39 is 24.2 Å². The highest BCUT2D eigenvalue weighted by Gasteiger charge is 2.67. The van der Waals surface area contributed by atoms with Gasteiger partial charge in [0.25, 0.3) is 0 Å². The van der Waals surface area contributed by atoms with Gasteiger partial charge in [-0.2, -0.15) is 26.3 Å². The van der Waals surface area contributed by atoms with Crippen molar-refractivity contribution in [2.45, 2.75) is 38.0 Å². The van der Waals surface area contributed by atoms with Crippen molar-refractivity contribution in [2.75, 3.05) is 0 Å². The zero-order valence-electron chi connectivity index (χ0n) is 6.47. The molecule has 0 saturated heterocycles. The van der Waals surface area contributed by atoms with Crippen LogP contribution in [0.15, 0.2) is 0 Å². The summed E-state index contributed by atoms with van der Waals surface area (Å²) in [4.78, 5) is 0. The quantitative estimate of drug-likeness (QED) is 0.604. The Hall–Kier alpha value is -0.420. The van der Waals surface area contributed by atoms with E-state index in [1.165, 1.54) is 0 Å². The summed E-state index contributed by atoms with van der Waals surface area (Å²) in [5.74, 6) is -14.6. The van der Waals surface area contributed by atoms with Crippen LogP contribution in [0.25, 0.3) is 0 Å². The third kappa shape index (κ3) is 1.67. The fourth-order valence-electron chi connectivity index (χ4n) is 0.543. The summed E-state index contributed by atoms with van der Waals surface area (Å²) in [6, 6.07) is 0. The Balaban J connectivity index is 4.85. The Morgan fingerprint density at radius 2 is 1.25 bits per heavy atom. The lowest BCUT2D eigenvalue weighted by Crippen LogP contribution is -2.52. The summed E-state index contributed by atoms with van der Waals surface area (Å²) >= 11 is 0. The van der Waals surface area contributed by atoms with Gasteiger partial charge in [-0.05, 0) is 0 Å². The zero-order chi connectivity index (χ0) is 10.2. The van der Waals surface area contributed by atoms with Crippen LogP contribution in [-0.4, -0.2) is 17.8 Å². The molecule has 0 nitrogen and oxygen atoms in total. The first-order valence-electron chi connectivity index (χ1n) is 3.19. The van der Waals surface area contributed by atoms with Gasteiger partial charge in [-0.1, -0.05) is 6.92 Å². The Morgan fingerprint density at radius 1 is 0.917 bits per heavy atom. The van der Waals surface area contributed by atoms with E-state index in [0.29, 0.717) is 0 Å². The summed E-state index contributed by atoms with van der Waals surface area (Å²) in [5, 5.41) is 0. The molecule has 0 fully saturated rings. The first-order valence-corrected chi connectivity index (χ1v) is 3.19. The molecule has 0 bridgehead atoms. The molecule has 0 unspecified atom stereocenters. The van der Waals surface area contributed by atoms with Crippen molar-refractivity contribution in [2.24, 2.45) is 0 Å². The van der Waals surface area contributed by atoms with Crippen molar-refractivity contribution < 1.29 is 26.3 Å². The van der Waals surface area contributed by atoms with Crippen LogP contribution in [0.5, 0.6) is 0 Å². The standard InChI is InChI=1S/C6H8F6/c1-3-5(9,10)6(11,12)4(2,7)8/h3H2,1-2H3. The van der Waals surface area contributed by atoms with Crippen LogP contribution in [0.2, 0.25) is 0 Å². The highest BCUT2D eigenvalue weighted by atomic mass is 19.3. The maximum Gasteiger partial charge on any atom is 0.371 e. The van der Waals surface area contributed by atoms with Gasteiger partial charge in [0.1, 0.15) is 0 Å². The molecule has 0 atom stereocenters. The second kappa shape index (κ2) is 2.81. The predicted molar refractivity (Wildman–Crippen MR) is 30.8 cm³/mol. The lowest BCUT2D eigenvalue weighted by molar-refractivity contribution is -0.303. The number of rotatable bonds is 3. The number of halogens is 6. The minimum Gasteiger partial charge on any atom is -0.200 e. The highest BCUT2D eigenvalue weighted by Crippen LogP contribution is 2.46. The molecular weight excluding hydrogens is 186 g/mol. The van der Waals surface area contributed by atoms with E-state index in [9.17, 15) is 26.3 Å². The second-order valence-electron chi connectivity index (χ2n) is 2.52. The molecule has 74 valence electrons. The van der Waals surface area contributed by atoms with Crippen LogP contribution >= 0.6 is 0 Å². The van der Waals surface area contributed by atoms with Crippen LogP contribution in [0.4, 0.5) is 26.3 Å². The fraction of sp³-hybridized carbons (Fsp3) is 1.00. The Morgan fingerprint density at radius 3 is 1.33 bits per heavy atom. The van der Waals surface area contributed by atoms with Gasteiger partial charge in [0.2, 0.25) is 0 Å². The monoisotopic (exact) mass is 194 g/mol. The van der Waals surface area contributed by atoms with E-state index in [2.05, 4.69) is 0 Å². The molecule has 0 saturated carbocycles. The van der Waals surface area contributed by atoms with Gasteiger partial charge in [0.15, 0.2) is 0 Å². The zero-order valence-corrected chi connectivity index (χ0v) is 6.47. The molecule has 0 aliphatic heterocycles. The minimum atomic E-state index is -5.28. The molecule has 6 heteroatoms. The first kappa shape index (κ1) is 11.6. The first-order chi connectivity index (χ1) is 5.06. The third-order valence-electron chi connectivity index (χ3n) is 1.45. The normalized spacial score (nSPS) is 15.0. The van der Waals surface area contributed by atoms with Gasteiger partial charge in [0, 0.05) is 13.3 Å². The van der Waals surface area contributed by atoms with Gasteiger partial charge in [0.05, 0.1) is 0 Å². The maximum absolute atomic E-state index is 12.2. The van der Waals surface area contributed by atoms with Crippen LogP contribution in [0, 0.1) is 0 Å². The van der Waals surface area contributed by atoms with E-state index in [4.69, 9.17) is 0 Å². The van der Waals surface area contributed by atoms with Gasteiger partial charge in [-0.3, -0.25) is 0 Å². The number of hydrogen-bond donors (Lipinski definition) is 0. The minimum absolute atomic E-state index is 0.226. The van der Waals surface area contributed by atoms with E-state index in [0.717, 1.165) is 6.92 Å². The average molecular weight is 194 g/mol. The lowest BCUT2D eigenvalue weighted by atomic mass is 10.0. The molecule has 0 spiro atoms. The average Bonchev–Trinajstić information content (AvgIpc) is 1.85. The summed E-state index contributed by atoms with van der Waals surface area (Å²) in [5.41, 5.74) is 0. The molecule has 0 aliphatic carbocycles. The Labute approximate surface area is 65.6 Å². The molecule has 0 amide bonds. The summed E-state index contributed by atoms with van der Waals surface area (Å²) < 4.78 is 72.7. The van der Waals surface area contributed by atoms with Crippen molar-refractivity contribution in [3.05, 3.63) is 0 Å². The van der Waals surface area contributed by atoms with Crippen molar-refractivity contribution in [1.29, 1.82) is 0 Å². The molecule has 0 heterocycles. The number of hydrogen-bond acceptors (Lipinski definition) is 0. The van der Waals surface area contributed by atoms with Crippen LogP contribution in [0.1, 0.15) is 20.3 Å². The summed E-state index contributed by atoms with van der Waals surface area (Å²) in [6.07, 6.45) is -1.32. The summed E-state index contributed by atoms with van der Waals surface area (Å²) in [6.45, 7) is 0.496. The van der Waals surface area contributed by atoms with Crippen molar-refractivity contribution >= 4 is 0 Å². The molecule has 0 aliphatic rings.